The molecule has 1 aliphatic heterocycles. The number of halogens is 3. The van der Waals surface area contributed by atoms with Crippen LogP contribution in [0.25, 0.3) is 6.08 Å². The van der Waals surface area contributed by atoms with Crippen molar-refractivity contribution < 1.29 is 14.3 Å². The van der Waals surface area contributed by atoms with Gasteiger partial charge in [-0.3, -0.25) is 9.59 Å². The van der Waals surface area contributed by atoms with Crippen molar-refractivity contribution in [1.82, 2.24) is 0 Å². The minimum Gasteiger partial charge on any atom is -0.486 e. The van der Waals surface area contributed by atoms with Gasteiger partial charge in [-0.25, -0.2) is 4.90 Å². The summed E-state index contributed by atoms with van der Waals surface area (Å²) >= 11 is 16.8. The van der Waals surface area contributed by atoms with Gasteiger partial charge in [0.25, 0.3) is 11.1 Å². The van der Waals surface area contributed by atoms with E-state index in [-0.39, 0.29) is 5.24 Å². The van der Waals surface area contributed by atoms with Gasteiger partial charge >= 0.3 is 0 Å². The first-order valence-corrected chi connectivity index (χ1v) is 11.5. The summed E-state index contributed by atoms with van der Waals surface area (Å²) in [6.07, 6.45) is 1.63. The number of imide groups is 1. The van der Waals surface area contributed by atoms with Gasteiger partial charge in [0.2, 0.25) is 0 Å². The molecule has 4 nitrogen and oxygen atoms in total. The quantitative estimate of drug-likeness (QED) is 0.316. The number of amides is 2. The number of anilines is 1. The first-order valence-electron chi connectivity index (χ1n) is 9.11. The van der Waals surface area contributed by atoms with Gasteiger partial charge in [0.15, 0.2) is 5.75 Å². The second-order valence-electron chi connectivity index (χ2n) is 6.58. The zero-order chi connectivity index (χ0) is 22.0. The monoisotopic (exact) mass is 533 g/mol. The van der Waals surface area contributed by atoms with Gasteiger partial charge in [-0.1, -0.05) is 59.6 Å². The maximum atomic E-state index is 12.8. The first-order chi connectivity index (χ1) is 14.9. The van der Waals surface area contributed by atoms with Gasteiger partial charge in [0.05, 0.1) is 20.1 Å². The highest BCUT2D eigenvalue weighted by Crippen LogP contribution is 2.39. The Balaban J connectivity index is 1.56. The maximum absolute atomic E-state index is 12.8. The van der Waals surface area contributed by atoms with E-state index >= 15 is 0 Å². The van der Waals surface area contributed by atoms with Crippen molar-refractivity contribution in [2.24, 2.45) is 0 Å². The summed E-state index contributed by atoms with van der Waals surface area (Å²) in [4.78, 5) is 26.7. The minimum atomic E-state index is -0.408. The molecule has 2 amide bonds. The number of rotatable bonds is 5. The Kier molecular flexibility index (Phi) is 6.72. The Bertz CT molecular complexity index is 1180. The smallest absolute Gasteiger partial charge is 0.298 e. The number of hydrogen-bond acceptors (Lipinski definition) is 4. The normalized spacial score (nSPS) is 15.1. The molecule has 0 spiro atoms. The molecular formula is C23H14BrCl2NO3S. The molecule has 0 saturated carbocycles. The van der Waals surface area contributed by atoms with Crippen LogP contribution in [0.15, 0.2) is 76.1 Å². The summed E-state index contributed by atoms with van der Waals surface area (Å²) < 4.78 is 6.51. The fourth-order valence-electron chi connectivity index (χ4n) is 2.99. The van der Waals surface area contributed by atoms with Crippen molar-refractivity contribution in [2.45, 2.75) is 6.61 Å². The number of benzene rings is 3. The minimum absolute atomic E-state index is 0.297. The van der Waals surface area contributed by atoms with Crippen molar-refractivity contribution in [3.8, 4) is 5.75 Å². The highest BCUT2D eigenvalue weighted by Gasteiger charge is 2.36. The predicted octanol–water partition coefficient (Wildman–Crippen LogP) is 7.58. The molecule has 1 heterocycles. The molecule has 0 aliphatic carbocycles. The molecule has 1 fully saturated rings. The van der Waals surface area contributed by atoms with E-state index < -0.39 is 5.91 Å². The van der Waals surface area contributed by atoms with Crippen molar-refractivity contribution in [3.63, 3.8) is 0 Å². The van der Waals surface area contributed by atoms with Gasteiger partial charge in [-0.2, -0.15) is 0 Å². The topological polar surface area (TPSA) is 46.6 Å². The maximum Gasteiger partial charge on any atom is 0.298 e. The third kappa shape index (κ3) is 4.99. The lowest BCUT2D eigenvalue weighted by Crippen LogP contribution is -2.27. The van der Waals surface area contributed by atoms with Crippen molar-refractivity contribution in [2.75, 3.05) is 4.90 Å². The molecule has 1 aliphatic rings. The molecule has 0 unspecified atom stereocenters. The van der Waals surface area contributed by atoms with E-state index in [1.165, 1.54) is 0 Å². The van der Waals surface area contributed by atoms with E-state index in [1.54, 1.807) is 42.5 Å². The van der Waals surface area contributed by atoms with Crippen LogP contribution in [0, 0.1) is 0 Å². The van der Waals surface area contributed by atoms with Crippen molar-refractivity contribution >= 4 is 73.8 Å². The SMILES string of the molecule is O=C1S/C(=C/c2cc(Cl)c(OCc3ccccc3)c(Br)c2)C(=O)N1c1cccc(Cl)c1. The molecular weight excluding hydrogens is 521 g/mol. The van der Waals surface area contributed by atoms with Gasteiger partial charge in [-0.05, 0) is 75.2 Å². The standard InChI is InChI=1S/C23H14BrCl2NO3S/c24-18-9-15(10-19(26)21(18)30-13-14-5-2-1-3-6-14)11-20-22(28)27(23(29)31-20)17-8-4-7-16(25)12-17/h1-12H,13H2/b20-11+. The van der Waals surface area contributed by atoms with Crippen LogP contribution in [0.4, 0.5) is 10.5 Å². The molecule has 4 rings (SSSR count). The van der Waals surface area contributed by atoms with E-state index in [1.807, 2.05) is 30.3 Å². The molecule has 0 atom stereocenters. The van der Waals surface area contributed by atoms with Crippen LogP contribution in [-0.2, 0) is 11.4 Å². The van der Waals surface area contributed by atoms with E-state index in [0.29, 0.717) is 43.0 Å². The van der Waals surface area contributed by atoms with Crippen LogP contribution in [-0.4, -0.2) is 11.1 Å². The second kappa shape index (κ2) is 9.49. The lowest BCUT2D eigenvalue weighted by atomic mass is 10.2. The molecule has 156 valence electrons. The third-order valence-electron chi connectivity index (χ3n) is 4.40. The Morgan fingerprint density at radius 2 is 1.77 bits per heavy atom. The Labute approximate surface area is 201 Å². The summed E-state index contributed by atoms with van der Waals surface area (Å²) in [5.41, 5.74) is 2.12. The second-order valence-corrected chi connectivity index (χ2v) is 9.28. The number of thioether (sulfide) groups is 1. The van der Waals surface area contributed by atoms with Crippen LogP contribution in [0.2, 0.25) is 10.0 Å². The van der Waals surface area contributed by atoms with Crippen LogP contribution in [0.5, 0.6) is 5.75 Å². The van der Waals surface area contributed by atoms with Crippen molar-refractivity contribution in [1.29, 1.82) is 0 Å². The first kappa shape index (κ1) is 22.0. The third-order valence-corrected chi connectivity index (χ3v) is 6.38. The zero-order valence-corrected chi connectivity index (χ0v) is 19.8. The highest BCUT2D eigenvalue weighted by molar-refractivity contribution is 9.10. The van der Waals surface area contributed by atoms with Gasteiger partial charge in [0.1, 0.15) is 6.61 Å². The molecule has 1 saturated heterocycles. The molecule has 3 aromatic carbocycles. The van der Waals surface area contributed by atoms with Gasteiger partial charge < -0.3 is 4.74 Å². The Morgan fingerprint density at radius 3 is 2.48 bits per heavy atom. The predicted molar refractivity (Wildman–Crippen MR) is 130 cm³/mol. The van der Waals surface area contributed by atoms with Crippen molar-refractivity contribution in [3.05, 3.63) is 97.3 Å². The summed E-state index contributed by atoms with van der Waals surface area (Å²) in [6, 6.07) is 19.8. The molecule has 0 bridgehead atoms. The number of hydrogen-bond donors (Lipinski definition) is 0. The summed E-state index contributed by atoms with van der Waals surface area (Å²) in [6.45, 7) is 0.372. The fraction of sp³-hybridized carbons (Fsp3) is 0.0435. The summed E-state index contributed by atoms with van der Waals surface area (Å²) in [7, 11) is 0. The van der Waals surface area contributed by atoms with Crippen LogP contribution in [0.3, 0.4) is 0 Å². The Hall–Kier alpha value is -2.25. The van der Waals surface area contributed by atoms with Crippen LogP contribution >= 0.6 is 50.9 Å². The number of carbonyl (C=O) groups excluding carboxylic acids is 2. The number of ether oxygens (including phenoxy) is 1. The zero-order valence-electron chi connectivity index (χ0n) is 15.8. The lowest BCUT2D eigenvalue weighted by Gasteiger charge is -2.12. The Morgan fingerprint density at radius 1 is 1.00 bits per heavy atom. The van der Waals surface area contributed by atoms with Gasteiger partial charge in [-0.15, -0.1) is 0 Å². The number of carbonyl (C=O) groups is 2. The average molecular weight is 535 g/mol. The number of nitrogens with zero attached hydrogens (tertiary/aromatic N) is 1. The summed E-state index contributed by atoms with van der Waals surface area (Å²) in [5.74, 6) is 0.101. The van der Waals surface area contributed by atoms with Gasteiger partial charge in [0, 0.05) is 5.02 Å². The van der Waals surface area contributed by atoms with E-state index in [4.69, 9.17) is 27.9 Å². The summed E-state index contributed by atoms with van der Waals surface area (Å²) in [5, 5.41) is 0.458. The molecule has 3 aromatic rings. The molecule has 31 heavy (non-hydrogen) atoms. The molecule has 8 heteroatoms. The van der Waals surface area contributed by atoms with Crippen LogP contribution < -0.4 is 9.64 Å². The largest absolute Gasteiger partial charge is 0.486 e. The van der Waals surface area contributed by atoms with Crippen LogP contribution in [0.1, 0.15) is 11.1 Å². The average Bonchev–Trinajstić information content (AvgIpc) is 3.01. The molecule has 0 radical (unpaired) electrons. The fourth-order valence-corrected chi connectivity index (χ4v) is 5.00. The molecule has 0 aromatic heterocycles. The van der Waals surface area contributed by atoms with E-state index in [9.17, 15) is 9.59 Å². The lowest BCUT2D eigenvalue weighted by molar-refractivity contribution is -0.113. The molecule has 0 N–H and O–H groups in total. The van der Waals surface area contributed by atoms with E-state index in [0.717, 1.165) is 22.2 Å². The highest BCUT2D eigenvalue weighted by atomic mass is 79.9. The van der Waals surface area contributed by atoms with E-state index in [2.05, 4.69) is 15.9 Å².